The fourth-order valence-corrected chi connectivity index (χ4v) is 5.52. The topological polar surface area (TPSA) is 176 Å². The van der Waals surface area contributed by atoms with Crippen LogP contribution in [0.2, 0.25) is 0 Å². The molecule has 0 aliphatic carbocycles. The molecule has 1 aliphatic rings. The molecular weight excluding hydrogens is 574 g/mol. The van der Waals surface area contributed by atoms with E-state index in [2.05, 4.69) is 37.2 Å². The maximum absolute atomic E-state index is 13.7. The number of unbranched alkanes of at least 4 members (excludes halogenated alkanes) is 1. The Morgan fingerprint density at radius 1 is 0.844 bits per heavy atom. The van der Waals surface area contributed by atoms with Crippen molar-refractivity contribution < 1.29 is 24.6 Å². The molecule has 0 fully saturated rings. The minimum Gasteiger partial charge on any atom is -0.508 e. The van der Waals surface area contributed by atoms with Crippen LogP contribution in [0, 0.1) is 0 Å². The van der Waals surface area contributed by atoms with Crippen molar-refractivity contribution in [2.45, 2.75) is 69.1 Å². The van der Waals surface area contributed by atoms with E-state index < -0.39 is 29.9 Å². The van der Waals surface area contributed by atoms with Crippen molar-refractivity contribution in [1.29, 1.82) is 0 Å². The molecule has 0 spiro atoms. The van der Waals surface area contributed by atoms with Crippen molar-refractivity contribution in [3.63, 3.8) is 0 Å². The van der Waals surface area contributed by atoms with E-state index in [4.69, 9.17) is 0 Å². The summed E-state index contributed by atoms with van der Waals surface area (Å²) in [6.45, 7) is 1.93. The fraction of sp³-hybridized carbons (Fsp3) is 0.545. The number of likely N-dealkylation sites (N-methyl/N-ethyl adjacent to an activating group) is 2. The van der Waals surface area contributed by atoms with Gasteiger partial charge in [0.25, 0.3) is 0 Å². The van der Waals surface area contributed by atoms with Crippen LogP contribution in [0.4, 0.5) is 0 Å². The molecule has 0 aromatic heterocycles. The summed E-state index contributed by atoms with van der Waals surface area (Å²) in [6, 6.07) is 7.69. The van der Waals surface area contributed by atoms with Gasteiger partial charge < -0.3 is 47.4 Å². The van der Waals surface area contributed by atoms with Crippen LogP contribution in [0.15, 0.2) is 36.4 Å². The molecule has 0 unspecified atom stereocenters. The number of phenols is 2. The monoisotopic (exact) mass is 625 g/mol. The molecule has 1 aliphatic heterocycles. The molecule has 12 nitrogen and oxygen atoms in total. The number of hydrogen-bond acceptors (Lipinski definition) is 9. The van der Waals surface area contributed by atoms with Gasteiger partial charge in [-0.3, -0.25) is 14.4 Å². The minimum atomic E-state index is -1.01. The maximum Gasteiger partial charge on any atom is 0.243 e. The summed E-state index contributed by atoms with van der Waals surface area (Å²) in [4.78, 5) is 40.9. The number of fused-ring (bicyclic) bond motifs is 5. The number of rotatable bonds is 14. The highest BCUT2D eigenvalue weighted by Gasteiger charge is 2.30. The first-order valence-electron chi connectivity index (χ1n) is 15.9. The van der Waals surface area contributed by atoms with Crippen LogP contribution in [-0.2, 0) is 27.2 Å². The zero-order chi connectivity index (χ0) is 32.8. The number of phenolic OH excluding ortho intramolecular Hbond substituents is 2. The van der Waals surface area contributed by atoms with Crippen molar-refractivity contribution in [2.24, 2.45) is 0 Å². The van der Waals surface area contributed by atoms with Crippen molar-refractivity contribution in [2.75, 3.05) is 47.8 Å². The summed E-state index contributed by atoms with van der Waals surface area (Å²) < 4.78 is 0. The minimum absolute atomic E-state index is 0.000808. The first-order valence-corrected chi connectivity index (χ1v) is 15.9. The Balaban J connectivity index is 1.97. The summed E-state index contributed by atoms with van der Waals surface area (Å²) >= 11 is 0. The quantitative estimate of drug-likeness (QED) is 0.136. The van der Waals surface area contributed by atoms with Crippen LogP contribution >= 0.6 is 0 Å². The molecule has 2 aromatic rings. The standard InChI is InChI=1S/C33H51N7O5/c1-34-14-6-5-8-25(36-3)20-38-31(43)28-19-24-17-22(11-13-30(24)42)21-10-12-29(41)23(16-21)18-27(37-4)33(45)39-26(32(44)40-28)9-7-15-35-2/h10-13,16-17,25-28,34-37,41-42H,5-9,14-15,18-20H2,1-4H3,(H,38,43)(H,39,45)(H,40,44)/t25-,26-,27-,28-/m0/s1. The summed E-state index contributed by atoms with van der Waals surface area (Å²) in [5.41, 5.74) is 2.58. The number of benzene rings is 2. The number of hydrogen-bond donors (Lipinski definition) is 9. The third-order valence-corrected chi connectivity index (χ3v) is 8.35. The van der Waals surface area contributed by atoms with E-state index in [-0.39, 0.29) is 36.3 Å². The lowest BCUT2D eigenvalue weighted by Gasteiger charge is -2.26. The Hall–Kier alpha value is -3.71. The molecule has 0 saturated heterocycles. The second-order valence-electron chi connectivity index (χ2n) is 11.6. The highest BCUT2D eigenvalue weighted by molar-refractivity contribution is 5.93. The van der Waals surface area contributed by atoms with Crippen LogP contribution in [0.25, 0.3) is 11.1 Å². The van der Waals surface area contributed by atoms with E-state index in [1.807, 2.05) is 27.2 Å². The predicted molar refractivity (Wildman–Crippen MR) is 176 cm³/mol. The van der Waals surface area contributed by atoms with E-state index in [9.17, 15) is 24.6 Å². The van der Waals surface area contributed by atoms with Crippen molar-refractivity contribution >= 4 is 17.7 Å². The second kappa shape index (κ2) is 18.3. The van der Waals surface area contributed by atoms with E-state index in [1.165, 1.54) is 0 Å². The van der Waals surface area contributed by atoms with Crippen LogP contribution < -0.4 is 37.2 Å². The highest BCUT2D eigenvalue weighted by atomic mass is 16.3. The smallest absolute Gasteiger partial charge is 0.243 e. The van der Waals surface area contributed by atoms with Gasteiger partial charge >= 0.3 is 0 Å². The number of carbonyl (C=O) groups excluding carboxylic acids is 3. The lowest BCUT2D eigenvalue weighted by atomic mass is 9.95. The van der Waals surface area contributed by atoms with Crippen molar-refractivity contribution in [3.05, 3.63) is 47.5 Å². The molecule has 45 heavy (non-hydrogen) atoms. The Morgan fingerprint density at radius 2 is 1.47 bits per heavy atom. The van der Waals surface area contributed by atoms with Gasteiger partial charge in [-0.05, 0) is 113 Å². The number of nitrogens with one attached hydrogen (secondary N) is 7. The van der Waals surface area contributed by atoms with Gasteiger partial charge in [0.2, 0.25) is 17.7 Å². The molecule has 1 heterocycles. The first-order chi connectivity index (χ1) is 21.7. The molecule has 2 aromatic carbocycles. The number of aromatic hydroxyl groups is 2. The van der Waals surface area contributed by atoms with Gasteiger partial charge in [0, 0.05) is 25.4 Å². The summed E-state index contributed by atoms with van der Waals surface area (Å²) in [6.07, 6.45) is 4.06. The van der Waals surface area contributed by atoms with Gasteiger partial charge in [0.05, 0.1) is 6.04 Å². The Morgan fingerprint density at radius 3 is 2.07 bits per heavy atom. The zero-order valence-corrected chi connectivity index (χ0v) is 27.0. The van der Waals surface area contributed by atoms with Crippen LogP contribution in [0.1, 0.15) is 43.2 Å². The van der Waals surface area contributed by atoms with Gasteiger partial charge in [-0.25, -0.2) is 0 Å². The van der Waals surface area contributed by atoms with Gasteiger partial charge in [0.1, 0.15) is 23.6 Å². The molecule has 4 bridgehead atoms. The Kier molecular flexibility index (Phi) is 14.5. The molecule has 0 radical (unpaired) electrons. The molecule has 9 N–H and O–H groups in total. The summed E-state index contributed by atoms with van der Waals surface area (Å²) in [7, 11) is 7.24. The highest BCUT2D eigenvalue weighted by Crippen LogP contribution is 2.31. The van der Waals surface area contributed by atoms with Crippen LogP contribution in [0.3, 0.4) is 0 Å². The zero-order valence-electron chi connectivity index (χ0n) is 27.0. The third kappa shape index (κ3) is 10.7. The summed E-state index contributed by atoms with van der Waals surface area (Å²) in [5, 5.41) is 42.7. The maximum atomic E-state index is 13.7. The van der Waals surface area contributed by atoms with Gasteiger partial charge in [-0.2, -0.15) is 0 Å². The Bertz CT molecular complexity index is 1270. The molecule has 248 valence electrons. The van der Waals surface area contributed by atoms with E-state index >= 15 is 0 Å². The molecule has 12 heteroatoms. The lowest BCUT2D eigenvalue weighted by molar-refractivity contribution is -0.132. The number of carbonyl (C=O) groups is 3. The normalized spacial score (nSPS) is 19.5. The third-order valence-electron chi connectivity index (χ3n) is 8.35. The first kappa shape index (κ1) is 35.8. The van der Waals surface area contributed by atoms with Crippen LogP contribution in [0.5, 0.6) is 11.5 Å². The lowest BCUT2D eigenvalue weighted by Crippen LogP contribution is -2.57. The van der Waals surface area contributed by atoms with Gasteiger partial charge in [-0.15, -0.1) is 0 Å². The fourth-order valence-electron chi connectivity index (χ4n) is 5.52. The van der Waals surface area contributed by atoms with Gasteiger partial charge in [0.15, 0.2) is 0 Å². The average Bonchev–Trinajstić information content (AvgIpc) is 3.03. The van der Waals surface area contributed by atoms with E-state index in [1.54, 1.807) is 37.4 Å². The molecule has 3 amide bonds. The van der Waals surface area contributed by atoms with E-state index in [0.717, 1.165) is 36.9 Å². The largest absolute Gasteiger partial charge is 0.508 e. The molecule has 4 atom stereocenters. The number of amides is 3. The predicted octanol–water partition coefficient (Wildman–Crippen LogP) is 0.515. The summed E-state index contributed by atoms with van der Waals surface area (Å²) in [5.74, 6) is -1.21. The average molecular weight is 626 g/mol. The Labute approximate surface area is 266 Å². The molecule has 0 saturated carbocycles. The molecular formula is C33H51N7O5. The molecule has 3 rings (SSSR count). The van der Waals surface area contributed by atoms with Crippen molar-refractivity contribution in [1.82, 2.24) is 37.2 Å². The van der Waals surface area contributed by atoms with Crippen molar-refractivity contribution in [3.8, 4) is 22.6 Å². The van der Waals surface area contributed by atoms with Gasteiger partial charge in [-0.1, -0.05) is 18.6 Å². The SMILES string of the molecule is CNCCCC[C@@H](CNC(=O)[C@@H]1Cc2cc(ccc2O)-c2ccc(O)c(c2)C[C@H](NC)C(=O)N[C@@H](CCCNC)C(=O)N1)NC. The van der Waals surface area contributed by atoms with Crippen LogP contribution in [-0.4, -0.2) is 99.9 Å². The second-order valence-corrected chi connectivity index (χ2v) is 11.6. The van der Waals surface area contributed by atoms with E-state index in [0.29, 0.717) is 37.1 Å².